The molecule has 2 unspecified atom stereocenters. The van der Waals surface area contributed by atoms with Crippen molar-refractivity contribution in [1.29, 1.82) is 0 Å². The third-order valence-corrected chi connectivity index (χ3v) is 3.59. The molecule has 106 valence electrons. The standard InChI is InChI=1S/C15H23FN2O/c1-10-7-15(13(12(3)17)8-14(10)16)18-5-4-6-19-11(2)9-18/h7-8,11-12H,4-6,9,17H2,1-3H3. The molecule has 3 nitrogen and oxygen atoms in total. The van der Waals surface area contributed by atoms with Gasteiger partial charge in [-0.1, -0.05) is 0 Å². The van der Waals surface area contributed by atoms with Crippen LogP contribution in [-0.4, -0.2) is 25.8 Å². The highest BCUT2D eigenvalue weighted by molar-refractivity contribution is 5.57. The summed E-state index contributed by atoms with van der Waals surface area (Å²) >= 11 is 0. The number of hydrogen-bond acceptors (Lipinski definition) is 3. The average molecular weight is 266 g/mol. The number of benzene rings is 1. The fraction of sp³-hybridized carbons (Fsp3) is 0.600. The molecule has 1 saturated heterocycles. The zero-order chi connectivity index (χ0) is 14.0. The van der Waals surface area contributed by atoms with Gasteiger partial charge in [0, 0.05) is 31.4 Å². The van der Waals surface area contributed by atoms with Crippen LogP contribution in [0.3, 0.4) is 0 Å². The first-order chi connectivity index (χ1) is 8.99. The van der Waals surface area contributed by atoms with Crippen LogP contribution in [0.2, 0.25) is 0 Å². The summed E-state index contributed by atoms with van der Waals surface area (Å²) < 4.78 is 19.4. The molecule has 0 aromatic heterocycles. The van der Waals surface area contributed by atoms with E-state index in [-0.39, 0.29) is 18.0 Å². The summed E-state index contributed by atoms with van der Waals surface area (Å²) in [6.07, 6.45) is 1.17. The van der Waals surface area contributed by atoms with E-state index >= 15 is 0 Å². The molecule has 1 aliphatic rings. The summed E-state index contributed by atoms with van der Waals surface area (Å²) in [6.45, 7) is 8.29. The smallest absolute Gasteiger partial charge is 0.126 e. The maximum atomic E-state index is 13.7. The van der Waals surface area contributed by atoms with Gasteiger partial charge in [0.2, 0.25) is 0 Å². The molecule has 0 radical (unpaired) electrons. The Morgan fingerprint density at radius 2 is 2.21 bits per heavy atom. The van der Waals surface area contributed by atoms with Crippen molar-refractivity contribution in [3.05, 3.63) is 29.1 Å². The van der Waals surface area contributed by atoms with E-state index in [1.165, 1.54) is 0 Å². The van der Waals surface area contributed by atoms with Crippen LogP contribution in [0.1, 0.15) is 37.4 Å². The number of nitrogens with zero attached hydrogens (tertiary/aromatic N) is 1. The summed E-state index contributed by atoms with van der Waals surface area (Å²) in [5.41, 5.74) is 8.57. The minimum atomic E-state index is -0.185. The molecule has 4 heteroatoms. The van der Waals surface area contributed by atoms with Gasteiger partial charge in [0.05, 0.1) is 6.10 Å². The molecule has 2 atom stereocenters. The minimum absolute atomic E-state index is 0.176. The van der Waals surface area contributed by atoms with Gasteiger partial charge in [0.15, 0.2) is 0 Å². The number of ether oxygens (including phenoxy) is 1. The van der Waals surface area contributed by atoms with Crippen molar-refractivity contribution in [2.24, 2.45) is 5.73 Å². The van der Waals surface area contributed by atoms with Crippen LogP contribution in [0.25, 0.3) is 0 Å². The van der Waals surface area contributed by atoms with E-state index in [4.69, 9.17) is 10.5 Å². The Morgan fingerprint density at radius 1 is 1.47 bits per heavy atom. The van der Waals surface area contributed by atoms with Gasteiger partial charge in [-0.2, -0.15) is 0 Å². The van der Waals surface area contributed by atoms with Crippen molar-refractivity contribution in [2.45, 2.75) is 39.3 Å². The topological polar surface area (TPSA) is 38.5 Å². The molecule has 0 aliphatic carbocycles. The highest BCUT2D eigenvalue weighted by Crippen LogP contribution is 2.29. The number of hydrogen-bond donors (Lipinski definition) is 1. The Labute approximate surface area is 114 Å². The molecule has 0 spiro atoms. The highest BCUT2D eigenvalue weighted by Gasteiger charge is 2.20. The molecule has 2 N–H and O–H groups in total. The summed E-state index contributed by atoms with van der Waals surface area (Å²) in [7, 11) is 0. The van der Waals surface area contributed by atoms with Crippen molar-refractivity contribution >= 4 is 5.69 Å². The zero-order valence-corrected chi connectivity index (χ0v) is 11.9. The van der Waals surface area contributed by atoms with E-state index in [9.17, 15) is 4.39 Å². The zero-order valence-electron chi connectivity index (χ0n) is 11.9. The molecule has 1 aromatic rings. The maximum Gasteiger partial charge on any atom is 0.126 e. The summed E-state index contributed by atoms with van der Waals surface area (Å²) in [6, 6.07) is 3.31. The Bertz CT molecular complexity index is 448. The third kappa shape index (κ3) is 3.25. The van der Waals surface area contributed by atoms with E-state index in [2.05, 4.69) is 11.8 Å². The Kier molecular flexibility index (Phi) is 4.42. The van der Waals surface area contributed by atoms with Crippen LogP contribution in [0.15, 0.2) is 12.1 Å². The van der Waals surface area contributed by atoms with Crippen molar-refractivity contribution in [2.75, 3.05) is 24.6 Å². The van der Waals surface area contributed by atoms with Gasteiger partial charge in [0.1, 0.15) is 5.82 Å². The minimum Gasteiger partial charge on any atom is -0.377 e. The fourth-order valence-electron chi connectivity index (χ4n) is 2.53. The summed E-state index contributed by atoms with van der Waals surface area (Å²) in [4.78, 5) is 2.27. The quantitative estimate of drug-likeness (QED) is 0.894. The second kappa shape index (κ2) is 5.88. The lowest BCUT2D eigenvalue weighted by Gasteiger charge is -2.28. The van der Waals surface area contributed by atoms with Crippen LogP contribution >= 0.6 is 0 Å². The Balaban J connectivity index is 2.38. The van der Waals surface area contributed by atoms with Crippen LogP contribution in [0, 0.1) is 12.7 Å². The highest BCUT2D eigenvalue weighted by atomic mass is 19.1. The van der Waals surface area contributed by atoms with Crippen molar-refractivity contribution < 1.29 is 9.13 Å². The first-order valence-corrected chi connectivity index (χ1v) is 6.91. The summed E-state index contributed by atoms with van der Waals surface area (Å²) in [5, 5.41) is 0. The van der Waals surface area contributed by atoms with E-state index in [1.54, 1.807) is 13.0 Å². The van der Waals surface area contributed by atoms with Crippen molar-refractivity contribution in [3.8, 4) is 0 Å². The lowest BCUT2D eigenvalue weighted by Crippen LogP contribution is -2.31. The van der Waals surface area contributed by atoms with Crippen molar-refractivity contribution in [3.63, 3.8) is 0 Å². The molecular weight excluding hydrogens is 243 g/mol. The SMILES string of the molecule is Cc1cc(N2CCCOC(C)C2)c(C(C)N)cc1F. The molecule has 1 aliphatic heterocycles. The molecule has 1 heterocycles. The monoisotopic (exact) mass is 266 g/mol. The van der Waals surface area contributed by atoms with E-state index in [0.717, 1.165) is 37.4 Å². The molecule has 1 fully saturated rings. The predicted molar refractivity (Wildman–Crippen MR) is 76.0 cm³/mol. The molecule has 19 heavy (non-hydrogen) atoms. The van der Waals surface area contributed by atoms with Crippen LogP contribution in [0.5, 0.6) is 0 Å². The fourth-order valence-corrected chi connectivity index (χ4v) is 2.53. The van der Waals surface area contributed by atoms with Gasteiger partial charge >= 0.3 is 0 Å². The van der Waals surface area contributed by atoms with E-state index < -0.39 is 0 Å². The normalized spacial score (nSPS) is 22.2. The molecule has 0 bridgehead atoms. The van der Waals surface area contributed by atoms with Gasteiger partial charge < -0.3 is 15.4 Å². The van der Waals surface area contributed by atoms with Crippen LogP contribution in [0.4, 0.5) is 10.1 Å². The average Bonchev–Trinajstić information content (AvgIpc) is 2.56. The van der Waals surface area contributed by atoms with Crippen LogP contribution < -0.4 is 10.6 Å². The second-order valence-electron chi connectivity index (χ2n) is 5.43. The van der Waals surface area contributed by atoms with Gasteiger partial charge in [-0.05, 0) is 50.5 Å². The maximum absolute atomic E-state index is 13.7. The first kappa shape index (κ1) is 14.3. The number of aryl methyl sites for hydroxylation is 1. The number of anilines is 1. The summed E-state index contributed by atoms with van der Waals surface area (Å²) in [5.74, 6) is -0.185. The van der Waals surface area contributed by atoms with E-state index in [0.29, 0.717) is 5.56 Å². The van der Waals surface area contributed by atoms with Gasteiger partial charge in [-0.3, -0.25) is 0 Å². The molecular formula is C15H23FN2O. The number of halogens is 1. The van der Waals surface area contributed by atoms with Crippen LogP contribution in [-0.2, 0) is 4.74 Å². The number of nitrogens with two attached hydrogens (primary N) is 1. The lowest BCUT2D eigenvalue weighted by molar-refractivity contribution is 0.0821. The molecule has 1 aromatic carbocycles. The van der Waals surface area contributed by atoms with Gasteiger partial charge in [0.25, 0.3) is 0 Å². The van der Waals surface area contributed by atoms with E-state index in [1.807, 2.05) is 13.0 Å². The lowest BCUT2D eigenvalue weighted by atomic mass is 10.0. The third-order valence-electron chi connectivity index (χ3n) is 3.59. The Hall–Kier alpha value is -1.13. The molecule has 0 amide bonds. The second-order valence-corrected chi connectivity index (χ2v) is 5.43. The molecule has 0 saturated carbocycles. The first-order valence-electron chi connectivity index (χ1n) is 6.91. The Morgan fingerprint density at radius 3 is 2.89 bits per heavy atom. The van der Waals surface area contributed by atoms with Gasteiger partial charge in [-0.25, -0.2) is 4.39 Å². The number of rotatable bonds is 2. The predicted octanol–water partition coefficient (Wildman–Crippen LogP) is 2.77. The largest absolute Gasteiger partial charge is 0.377 e. The molecule has 2 rings (SSSR count). The van der Waals surface area contributed by atoms with Crippen molar-refractivity contribution in [1.82, 2.24) is 0 Å². The van der Waals surface area contributed by atoms with Gasteiger partial charge in [-0.15, -0.1) is 0 Å².